The lowest BCUT2D eigenvalue weighted by Crippen LogP contribution is -2.56. The smallest absolute Gasteiger partial charge is 0.254 e. The second-order valence-corrected chi connectivity index (χ2v) is 5.58. The molecule has 1 aliphatic heterocycles. The number of H-pyrrole nitrogens is 1. The van der Waals surface area contributed by atoms with Gasteiger partial charge in [0.25, 0.3) is 5.91 Å². The third-order valence-electron chi connectivity index (χ3n) is 3.96. The van der Waals surface area contributed by atoms with Gasteiger partial charge in [-0.15, -0.1) is 0 Å². The fraction of sp³-hybridized carbons (Fsp3) is 0.176. The summed E-state index contributed by atoms with van der Waals surface area (Å²) in [6, 6.07) is 10.7. The first kappa shape index (κ1) is 14.2. The number of nitriles is 1. The summed E-state index contributed by atoms with van der Waals surface area (Å²) in [5, 5.41) is 8.74. The Morgan fingerprint density at radius 3 is 2.92 bits per heavy atom. The number of pyridine rings is 1. The molecule has 4 rings (SSSR count). The normalized spacial score (nSPS) is 14.2. The lowest BCUT2D eigenvalue weighted by Gasteiger charge is -2.38. The number of amides is 1. The first-order chi connectivity index (χ1) is 11.7. The maximum Gasteiger partial charge on any atom is 0.254 e. The molecule has 1 N–H and O–H groups in total. The zero-order valence-electron chi connectivity index (χ0n) is 12.6. The van der Waals surface area contributed by atoms with Gasteiger partial charge in [0.2, 0.25) is 5.88 Å². The van der Waals surface area contributed by atoms with Crippen LogP contribution in [0, 0.1) is 11.3 Å². The van der Waals surface area contributed by atoms with Crippen molar-refractivity contribution >= 4 is 16.9 Å². The quantitative estimate of drug-likeness (QED) is 0.793. The molecule has 24 heavy (non-hydrogen) atoms. The van der Waals surface area contributed by atoms with Crippen LogP contribution in [0.1, 0.15) is 15.9 Å². The predicted octanol–water partition coefficient (Wildman–Crippen LogP) is 1.73. The Kier molecular flexibility index (Phi) is 3.35. The maximum absolute atomic E-state index is 12.5. The molecular formula is C17H13N5O2. The van der Waals surface area contributed by atoms with Crippen molar-refractivity contribution in [2.75, 3.05) is 13.1 Å². The van der Waals surface area contributed by atoms with Gasteiger partial charge in [0, 0.05) is 17.8 Å². The summed E-state index contributed by atoms with van der Waals surface area (Å²) in [5.74, 6) is 0.434. The highest BCUT2D eigenvalue weighted by molar-refractivity contribution is 5.97. The number of nitrogens with zero attached hydrogens (tertiary/aromatic N) is 4. The van der Waals surface area contributed by atoms with Crippen LogP contribution in [0.4, 0.5) is 0 Å². The van der Waals surface area contributed by atoms with Crippen LogP contribution in [0.2, 0.25) is 0 Å². The fourth-order valence-corrected chi connectivity index (χ4v) is 2.62. The minimum Gasteiger partial charge on any atom is -0.471 e. The van der Waals surface area contributed by atoms with Crippen molar-refractivity contribution in [3.05, 3.63) is 54.0 Å². The predicted molar refractivity (Wildman–Crippen MR) is 85.4 cm³/mol. The molecule has 118 valence electrons. The van der Waals surface area contributed by atoms with Gasteiger partial charge in [-0.25, -0.2) is 9.97 Å². The molecule has 0 unspecified atom stereocenters. The molecule has 7 nitrogen and oxygen atoms in total. The van der Waals surface area contributed by atoms with E-state index >= 15 is 0 Å². The Balaban J connectivity index is 1.37. The van der Waals surface area contributed by atoms with Crippen LogP contribution in [0.25, 0.3) is 11.0 Å². The van der Waals surface area contributed by atoms with Crippen LogP contribution in [0.15, 0.2) is 42.9 Å². The highest BCUT2D eigenvalue weighted by Gasteiger charge is 2.33. The van der Waals surface area contributed by atoms with Crippen LogP contribution in [-0.2, 0) is 0 Å². The monoisotopic (exact) mass is 319 g/mol. The van der Waals surface area contributed by atoms with E-state index in [1.54, 1.807) is 35.5 Å². The van der Waals surface area contributed by atoms with E-state index in [0.29, 0.717) is 30.1 Å². The van der Waals surface area contributed by atoms with Gasteiger partial charge in [0.15, 0.2) is 0 Å². The van der Waals surface area contributed by atoms with E-state index < -0.39 is 0 Å². The van der Waals surface area contributed by atoms with Gasteiger partial charge >= 0.3 is 0 Å². The zero-order valence-corrected chi connectivity index (χ0v) is 12.6. The number of aromatic amines is 1. The Labute approximate surface area is 137 Å². The third-order valence-corrected chi connectivity index (χ3v) is 3.96. The number of benzene rings is 1. The molecule has 7 heteroatoms. The van der Waals surface area contributed by atoms with E-state index in [2.05, 4.69) is 15.0 Å². The molecule has 1 fully saturated rings. The van der Waals surface area contributed by atoms with Crippen LogP contribution >= 0.6 is 0 Å². The molecule has 0 saturated carbocycles. The number of carbonyl (C=O) groups excluding carboxylic acids is 1. The summed E-state index contributed by atoms with van der Waals surface area (Å²) in [7, 11) is 0. The second kappa shape index (κ2) is 5.66. The number of hydrogen-bond donors (Lipinski definition) is 1. The van der Waals surface area contributed by atoms with Gasteiger partial charge in [-0.05, 0) is 24.3 Å². The van der Waals surface area contributed by atoms with E-state index in [9.17, 15) is 4.79 Å². The summed E-state index contributed by atoms with van der Waals surface area (Å²) in [4.78, 5) is 25.4. The molecule has 1 saturated heterocycles. The summed E-state index contributed by atoms with van der Waals surface area (Å²) >= 11 is 0. The van der Waals surface area contributed by atoms with Gasteiger partial charge in [-0.3, -0.25) is 4.79 Å². The Hall–Kier alpha value is -3.40. The van der Waals surface area contributed by atoms with Crippen LogP contribution < -0.4 is 4.74 Å². The van der Waals surface area contributed by atoms with Crippen molar-refractivity contribution in [1.29, 1.82) is 5.26 Å². The van der Waals surface area contributed by atoms with E-state index in [1.165, 1.54) is 6.20 Å². The molecule has 3 aromatic rings. The fourth-order valence-electron chi connectivity index (χ4n) is 2.62. The van der Waals surface area contributed by atoms with Gasteiger partial charge < -0.3 is 14.6 Å². The number of aromatic nitrogens is 3. The van der Waals surface area contributed by atoms with E-state index in [-0.39, 0.29) is 12.0 Å². The summed E-state index contributed by atoms with van der Waals surface area (Å²) < 4.78 is 5.69. The molecule has 3 heterocycles. The first-order valence-electron chi connectivity index (χ1n) is 7.48. The summed E-state index contributed by atoms with van der Waals surface area (Å²) in [5.41, 5.74) is 2.79. The lowest BCUT2D eigenvalue weighted by atomic mass is 10.1. The standard InChI is InChI=1S/C17H13N5O2/c18-6-11-1-4-16(19-7-11)24-13-8-22(9-13)17(23)12-2-3-14-15(5-12)21-10-20-14/h1-5,7,10,13H,8-9H2,(H,20,21). The Morgan fingerprint density at radius 1 is 1.29 bits per heavy atom. The molecule has 0 atom stereocenters. The number of ether oxygens (including phenoxy) is 1. The zero-order chi connectivity index (χ0) is 16.5. The molecular weight excluding hydrogens is 306 g/mol. The average Bonchev–Trinajstić information content (AvgIpc) is 3.05. The van der Waals surface area contributed by atoms with E-state index in [1.807, 2.05) is 12.1 Å². The van der Waals surface area contributed by atoms with Crippen molar-refractivity contribution in [2.45, 2.75) is 6.10 Å². The highest BCUT2D eigenvalue weighted by atomic mass is 16.5. The van der Waals surface area contributed by atoms with Crippen LogP contribution in [0.3, 0.4) is 0 Å². The Morgan fingerprint density at radius 2 is 2.17 bits per heavy atom. The molecule has 1 aliphatic rings. The Bertz CT molecular complexity index is 936. The summed E-state index contributed by atoms with van der Waals surface area (Å²) in [6.07, 6.45) is 3.00. The van der Waals surface area contributed by atoms with Crippen molar-refractivity contribution in [3.63, 3.8) is 0 Å². The van der Waals surface area contributed by atoms with Crippen LogP contribution in [0.5, 0.6) is 5.88 Å². The third kappa shape index (κ3) is 2.54. The summed E-state index contributed by atoms with van der Waals surface area (Å²) in [6.45, 7) is 1.03. The minimum atomic E-state index is -0.0785. The number of likely N-dealkylation sites (tertiary alicyclic amines) is 1. The number of carbonyl (C=O) groups is 1. The van der Waals surface area contributed by atoms with Crippen molar-refractivity contribution in [2.24, 2.45) is 0 Å². The molecule has 0 spiro atoms. The highest BCUT2D eigenvalue weighted by Crippen LogP contribution is 2.20. The largest absolute Gasteiger partial charge is 0.471 e. The molecule has 1 aromatic carbocycles. The molecule has 1 amide bonds. The first-order valence-corrected chi connectivity index (χ1v) is 7.48. The number of rotatable bonds is 3. The van der Waals surface area contributed by atoms with Gasteiger partial charge in [0.05, 0.1) is 36.0 Å². The van der Waals surface area contributed by atoms with Crippen molar-refractivity contribution < 1.29 is 9.53 Å². The number of hydrogen-bond acceptors (Lipinski definition) is 5. The maximum atomic E-state index is 12.5. The molecule has 0 aliphatic carbocycles. The number of imidazole rings is 1. The van der Waals surface area contributed by atoms with E-state index in [0.717, 1.165) is 11.0 Å². The molecule has 2 aromatic heterocycles. The SMILES string of the molecule is N#Cc1ccc(OC2CN(C(=O)c3ccc4nc[nH]c4c3)C2)nc1. The molecule has 0 radical (unpaired) electrons. The van der Waals surface area contributed by atoms with Crippen molar-refractivity contribution in [3.8, 4) is 11.9 Å². The number of nitrogens with one attached hydrogen (secondary N) is 1. The topological polar surface area (TPSA) is 94.9 Å². The van der Waals surface area contributed by atoms with Gasteiger partial charge in [-0.2, -0.15) is 5.26 Å². The second-order valence-electron chi connectivity index (χ2n) is 5.58. The van der Waals surface area contributed by atoms with E-state index in [4.69, 9.17) is 10.00 Å². The lowest BCUT2D eigenvalue weighted by molar-refractivity contribution is 0.0160. The minimum absolute atomic E-state index is 0.0286. The van der Waals surface area contributed by atoms with Gasteiger partial charge in [0.1, 0.15) is 12.2 Å². The van der Waals surface area contributed by atoms with Crippen molar-refractivity contribution in [1.82, 2.24) is 19.9 Å². The number of fused-ring (bicyclic) bond motifs is 1. The average molecular weight is 319 g/mol. The van der Waals surface area contributed by atoms with Gasteiger partial charge in [-0.1, -0.05) is 0 Å². The molecule has 0 bridgehead atoms. The van der Waals surface area contributed by atoms with Crippen LogP contribution in [-0.4, -0.2) is 45.0 Å².